The van der Waals surface area contributed by atoms with E-state index < -0.39 is 18.0 Å². The van der Waals surface area contributed by atoms with Crippen molar-refractivity contribution in [2.75, 3.05) is 11.9 Å². The molecule has 1 amide bonds. The maximum Gasteiger partial charge on any atom is 0.375 e. The molecule has 0 fully saturated rings. The van der Waals surface area contributed by atoms with Crippen LogP contribution in [-0.2, 0) is 9.53 Å². The third-order valence-corrected chi connectivity index (χ3v) is 4.19. The summed E-state index contributed by atoms with van der Waals surface area (Å²) in [5.74, 6) is -1.50. The zero-order valence-corrected chi connectivity index (χ0v) is 15.3. The summed E-state index contributed by atoms with van der Waals surface area (Å²) in [5, 5.41) is 0.388. The molecule has 6 heteroatoms. The molecule has 0 N–H and O–H groups in total. The molecular weight excluding hydrogens is 346 g/mol. The number of carbonyl (C=O) groups excluding carboxylic acids is 2. The minimum Gasteiger partial charge on any atom is -0.449 e. The highest BCUT2D eigenvalue weighted by Crippen LogP contribution is 2.17. The predicted molar refractivity (Wildman–Crippen MR) is 102 cm³/mol. The van der Waals surface area contributed by atoms with Gasteiger partial charge in [-0.1, -0.05) is 29.8 Å². The molecule has 0 aliphatic carbocycles. The molecule has 0 unspecified atom stereocenters. The number of esters is 1. The fourth-order valence-electron chi connectivity index (χ4n) is 2.69. The van der Waals surface area contributed by atoms with Crippen LogP contribution in [0.2, 0.25) is 0 Å². The van der Waals surface area contributed by atoms with Gasteiger partial charge in [0.25, 0.3) is 5.91 Å². The van der Waals surface area contributed by atoms with Crippen LogP contribution in [-0.4, -0.2) is 25.0 Å². The van der Waals surface area contributed by atoms with Gasteiger partial charge >= 0.3 is 5.97 Å². The number of hydrogen-bond donors (Lipinski definition) is 0. The zero-order chi connectivity index (χ0) is 19.6. The second-order valence-electron chi connectivity index (χ2n) is 6.25. The molecule has 0 aliphatic rings. The van der Waals surface area contributed by atoms with Gasteiger partial charge in [-0.3, -0.25) is 9.59 Å². The van der Waals surface area contributed by atoms with Crippen LogP contribution in [0.25, 0.3) is 11.0 Å². The molecule has 138 valence electrons. The topological polar surface area (TPSA) is 76.8 Å². The van der Waals surface area contributed by atoms with Crippen molar-refractivity contribution in [2.45, 2.75) is 20.0 Å². The van der Waals surface area contributed by atoms with Crippen molar-refractivity contribution in [3.05, 3.63) is 76.1 Å². The van der Waals surface area contributed by atoms with E-state index in [4.69, 9.17) is 9.15 Å². The molecule has 6 nitrogen and oxygen atoms in total. The van der Waals surface area contributed by atoms with Gasteiger partial charge in [0.1, 0.15) is 5.58 Å². The Labute approximate surface area is 156 Å². The van der Waals surface area contributed by atoms with Gasteiger partial charge in [-0.2, -0.15) is 0 Å². The summed E-state index contributed by atoms with van der Waals surface area (Å²) in [5.41, 5.74) is 1.54. The Bertz CT molecular complexity index is 1060. The summed E-state index contributed by atoms with van der Waals surface area (Å²) in [7, 11) is 1.60. The normalized spacial score (nSPS) is 11.8. The Hall–Kier alpha value is -3.41. The predicted octanol–water partition coefficient (Wildman–Crippen LogP) is 3.31. The van der Waals surface area contributed by atoms with Crippen molar-refractivity contribution in [1.29, 1.82) is 0 Å². The number of amides is 1. The van der Waals surface area contributed by atoms with Crippen LogP contribution in [0.15, 0.2) is 63.8 Å². The number of rotatable bonds is 4. The first-order valence-electron chi connectivity index (χ1n) is 8.45. The van der Waals surface area contributed by atoms with E-state index in [1.807, 2.05) is 13.0 Å². The van der Waals surface area contributed by atoms with E-state index in [0.717, 1.165) is 11.6 Å². The molecule has 0 aliphatic heterocycles. The Morgan fingerprint density at radius 2 is 1.78 bits per heavy atom. The van der Waals surface area contributed by atoms with Crippen molar-refractivity contribution in [3.63, 3.8) is 0 Å². The average molecular weight is 365 g/mol. The maximum absolute atomic E-state index is 12.5. The van der Waals surface area contributed by atoms with Gasteiger partial charge in [0, 0.05) is 18.8 Å². The van der Waals surface area contributed by atoms with Gasteiger partial charge in [0.2, 0.25) is 5.76 Å². The Morgan fingerprint density at radius 1 is 1.07 bits per heavy atom. The molecule has 0 spiro atoms. The number of hydrogen-bond acceptors (Lipinski definition) is 5. The van der Waals surface area contributed by atoms with Gasteiger partial charge < -0.3 is 14.1 Å². The van der Waals surface area contributed by atoms with E-state index in [0.29, 0.717) is 16.7 Å². The monoisotopic (exact) mass is 365 g/mol. The van der Waals surface area contributed by atoms with E-state index >= 15 is 0 Å². The highest BCUT2D eigenvalue weighted by Gasteiger charge is 2.24. The highest BCUT2D eigenvalue weighted by molar-refractivity contribution is 5.98. The van der Waals surface area contributed by atoms with Gasteiger partial charge in [-0.05, 0) is 38.1 Å². The van der Waals surface area contributed by atoms with E-state index in [-0.39, 0.29) is 11.2 Å². The molecule has 0 saturated carbocycles. The first-order valence-corrected chi connectivity index (χ1v) is 8.45. The lowest BCUT2D eigenvalue weighted by Crippen LogP contribution is -2.37. The standard InChI is InChI=1S/C21H19NO5/c1-13-9-10-18-16(11-13)17(23)12-19(27-18)21(25)26-14(2)20(24)22(3)15-7-5-4-6-8-15/h4-12,14H,1-3H3/t14-/m0/s1. The fraction of sp³-hybridized carbons (Fsp3) is 0.190. The van der Waals surface area contributed by atoms with E-state index in [1.54, 1.807) is 49.5 Å². The molecule has 3 aromatic rings. The van der Waals surface area contributed by atoms with Crippen LogP contribution in [0.3, 0.4) is 0 Å². The number of anilines is 1. The third-order valence-electron chi connectivity index (χ3n) is 4.19. The second kappa shape index (κ2) is 7.45. The van der Waals surface area contributed by atoms with Crippen LogP contribution in [0.5, 0.6) is 0 Å². The number of benzene rings is 2. The first kappa shape index (κ1) is 18.4. The Morgan fingerprint density at radius 3 is 2.48 bits per heavy atom. The molecule has 2 aromatic carbocycles. The smallest absolute Gasteiger partial charge is 0.375 e. The van der Waals surface area contributed by atoms with Crippen molar-refractivity contribution in [2.24, 2.45) is 0 Å². The second-order valence-corrected chi connectivity index (χ2v) is 6.25. The largest absolute Gasteiger partial charge is 0.449 e. The zero-order valence-electron chi connectivity index (χ0n) is 15.3. The van der Waals surface area contributed by atoms with Gasteiger partial charge in [-0.25, -0.2) is 4.79 Å². The van der Waals surface area contributed by atoms with Crippen molar-refractivity contribution < 1.29 is 18.7 Å². The van der Waals surface area contributed by atoms with Crippen LogP contribution < -0.4 is 10.3 Å². The lowest BCUT2D eigenvalue weighted by molar-refractivity contribution is -0.126. The molecule has 1 aromatic heterocycles. The minimum atomic E-state index is -1.04. The summed E-state index contributed by atoms with van der Waals surface area (Å²) in [4.78, 5) is 38.5. The molecule has 1 atom stereocenters. The number of ether oxygens (including phenoxy) is 1. The molecule has 0 radical (unpaired) electrons. The van der Waals surface area contributed by atoms with Crippen LogP contribution in [0.1, 0.15) is 23.0 Å². The summed E-state index contributed by atoms with van der Waals surface area (Å²) in [6.45, 7) is 3.33. The van der Waals surface area contributed by atoms with Crippen LogP contribution in [0, 0.1) is 6.92 Å². The molecular formula is C21H19NO5. The summed E-state index contributed by atoms with van der Waals surface area (Å²) in [6, 6.07) is 15.2. The number of likely N-dealkylation sites (N-methyl/N-ethyl adjacent to an activating group) is 1. The Balaban J connectivity index is 1.78. The number of carbonyl (C=O) groups is 2. The number of para-hydroxylation sites is 1. The van der Waals surface area contributed by atoms with Crippen molar-refractivity contribution in [3.8, 4) is 0 Å². The Kier molecular flexibility index (Phi) is 5.07. The minimum absolute atomic E-state index is 0.238. The molecule has 3 rings (SSSR count). The maximum atomic E-state index is 12.5. The number of fused-ring (bicyclic) bond motifs is 1. The lowest BCUT2D eigenvalue weighted by Gasteiger charge is -2.21. The molecule has 27 heavy (non-hydrogen) atoms. The molecule has 0 bridgehead atoms. The number of nitrogens with zero attached hydrogens (tertiary/aromatic N) is 1. The summed E-state index contributed by atoms with van der Waals surface area (Å²) in [6.07, 6.45) is -1.04. The quantitative estimate of drug-likeness (QED) is 0.663. The van der Waals surface area contributed by atoms with E-state index in [2.05, 4.69) is 0 Å². The van der Waals surface area contributed by atoms with E-state index in [9.17, 15) is 14.4 Å². The SMILES string of the molecule is Cc1ccc2oc(C(=O)O[C@@H](C)C(=O)N(C)c3ccccc3)cc(=O)c2c1. The van der Waals surface area contributed by atoms with Crippen molar-refractivity contribution >= 4 is 28.5 Å². The van der Waals surface area contributed by atoms with Gasteiger partial charge in [0.15, 0.2) is 11.5 Å². The molecule has 1 heterocycles. The summed E-state index contributed by atoms with van der Waals surface area (Å²) >= 11 is 0. The van der Waals surface area contributed by atoms with Crippen LogP contribution >= 0.6 is 0 Å². The van der Waals surface area contributed by atoms with Gasteiger partial charge in [0.05, 0.1) is 5.39 Å². The van der Waals surface area contributed by atoms with E-state index in [1.165, 1.54) is 11.8 Å². The third kappa shape index (κ3) is 3.89. The fourth-order valence-corrected chi connectivity index (χ4v) is 2.69. The first-order chi connectivity index (χ1) is 12.9. The van der Waals surface area contributed by atoms with Crippen LogP contribution in [0.4, 0.5) is 5.69 Å². The average Bonchev–Trinajstić information content (AvgIpc) is 2.67. The van der Waals surface area contributed by atoms with Gasteiger partial charge in [-0.15, -0.1) is 0 Å². The summed E-state index contributed by atoms with van der Waals surface area (Å²) < 4.78 is 10.7. The highest BCUT2D eigenvalue weighted by atomic mass is 16.6. The number of aryl methyl sites for hydroxylation is 1. The van der Waals surface area contributed by atoms with Crippen molar-refractivity contribution in [1.82, 2.24) is 0 Å². The molecule has 0 saturated heterocycles. The lowest BCUT2D eigenvalue weighted by atomic mass is 10.1.